The van der Waals surface area contributed by atoms with E-state index < -0.39 is 0 Å². The molecule has 0 aliphatic carbocycles. The zero-order valence-electron chi connectivity index (χ0n) is 18.5. The van der Waals surface area contributed by atoms with Gasteiger partial charge < -0.3 is 20.9 Å². The number of benzene rings is 3. The summed E-state index contributed by atoms with van der Waals surface area (Å²) in [7, 11) is 0. The van der Waals surface area contributed by atoms with Crippen molar-refractivity contribution in [3.05, 3.63) is 79.0 Å². The summed E-state index contributed by atoms with van der Waals surface area (Å²) in [6.07, 6.45) is 4.46. The quantitative estimate of drug-likeness (QED) is 0.354. The van der Waals surface area contributed by atoms with Gasteiger partial charge in [-0.3, -0.25) is 4.68 Å². The molecule has 1 aromatic heterocycles. The van der Waals surface area contributed by atoms with Gasteiger partial charge in [0, 0.05) is 34.7 Å². The Morgan fingerprint density at radius 1 is 0.788 bits per heavy atom. The minimum atomic E-state index is -0.278. The van der Waals surface area contributed by atoms with E-state index in [1.54, 1.807) is 0 Å². The summed E-state index contributed by atoms with van der Waals surface area (Å²) in [4.78, 5) is 15.0. The lowest BCUT2D eigenvalue weighted by Gasteiger charge is -2.14. The van der Waals surface area contributed by atoms with Crippen molar-refractivity contribution in [2.24, 2.45) is 0 Å². The third kappa shape index (κ3) is 5.32. The van der Waals surface area contributed by atoms with Gasteiger partial charge in [0.05, 0.1) is 18.3 Å². The van der Waals surface area contributed by atoms with Gasteiger partial charge in [0.2, 0.25) is 0 Å². The van der Waals surface area contributed by atoms with Crippen molar-refractivity contribution in [2.45, 2.75) is 19.4 Å². The molecule has 0 bridgehead atoms. The van der Waals surface area contributed by atoms with Crippen molar-refractivity contribution in [1.29, 1.82) is 0 Å². The Hall–Kier alpha value is -3.84. The van der Waals surface area contributed by atoms with Crippen molar-refractivity contribution in [2.75, 3.05) is 35.6 Å². The average molecular weight is 441 g/mol. The predicted octanol–water partition coefficient (Wildman–Crippen LogP) is 5.52. The van der Waals surface area contributed by atoms with Crippen molar-refractivity contribution < 1.29 is 4.79 Å². The first-order valence-corrected chi connectivity index (χ1v) is 11.4. The number of aromatic nitrogens is 2. The molecule has 0 radical (unpaired) electrons. The highest BCUT2D eigenvalue weighted by atomic mass is 16.2. The Labute approximate surface area is 193 Å². The fourth-order valence-corrected chi connectivity index (χ4v) is 4.20. The summed E-state index contributed by atoms with van der Waals surface area (Å²) in [5, 5.41) is 14.7. The number of nitrogens with zero attached hydrogens (tertiary/aromatic N) is 3. The van der Waals surface area contributed by atoms with Gasteiger partial charge in [-0.15, -0.1) is 0 Å². The van der Waals surface area contributed by atoms with Gasteiger partial charge in [-0.1, -0.05) is 18.2 Å². The molecule has 0 atom stereocenters. The van der Waals surface area contributed by atoms with Crippen LogP contribution in [0.25, 0.3) is 10.9 Å². The van der Waals surface area contributed by atoms with Crippen LogP contribution in [0.5, 0.6) is 0 Å². The highest BCUT2D eigenvalue weighted by Crippen LogP contribution is 2.21. The highest BCUT2D eigenvalue weighted by Gasteiger charge is 2.12. The molecule has 0 spiro atoms. The first kappa shape index (κ1) is 21.0. The minimum absolute atomic E-state index is 0.278. The summed E-state index contributed by atoms with van der Waals surface area (Å²) in [6, 6.07) is 23.2. The van der Waals surface area contributed by atoms with Crippen LogP contribution in [0.1, 0.15) is 12.8 Å². The second-order valence-electron chi connectivity index (χ2n) is 8.34. The molecule has 1 aliphatic rings. The monoisotopic (exact) mass is 440 g/mol. The Kier molecular flexibility index (Phi) is 6.21. The molecule has 0 saturated carbocycles. The Morgan fingerprint density at radius 3 is 2.24 bits per heavy atom. The topological polar surface area (TPSA) is 74.2 Å². The van der Waals surface area contributed by atoms with Gasteiger partial charge in [-0.2, -0.15) is 5.10 Å². The summed E-state index contributed by atoms with van der Waals surface area (Å²) in [5.41, 5.74) is 4.52. The van der Waals surface area contributed by atoms with Gasteiger partial charge in [0.1, 0.15) is 0 Å². The third-order valence-corrected chi connectivity index (χ3v) is 5.93. The van der Waals surface area contributed by atoms with E-state index in [-0.39, 0.29) is 6.03 Å². The van der Waals surface area contributed by atoms with E-state index in [4.69, 9.17) is 0 Å². The SMILES string of the molecule is O=C(Nc1ccc(Nc2ccccc2)cc1)Nc1ccc2c(cnn2CCN2CCCC2)c1. The van der Waals surface area contributed by atoms with Crippen molar-refractivity contribution in [3.8, 4) is 0 Å². The third-order valence-electron chi connectivity index (χ3n) is 5.93. The summed E-state index contributed by atoms with van der Waals surface area (Å²) in [6.45, 7) is 4.29. The van der Waals surface area contributed by atoms with Crippen molar-refractivity contribution >= 4 is 39.7 Å². The maximum absolute atomic E-state index is 12.5. The Bertz CT molecular complexity index is 1210. The lowest BCUT2D eigenvalue weighted by Crippen LogP contribution is -2.24. The zero-order valence-corrected chi connectivity index (χ0v) is 18.5. The Morgan fingerprint density at radius 2 is 1.45 bits per heavy atom. The first-order valence-electron chi connectivity index (χ1n) is 11.4. The highest BCUT2D eigenvalue weighted by molar-refractivity contribution is 6.01. The van der Waals surface area contributed by atoms with Crippen LogP contribution in [0, 0.1) is 0 Å². The van der Waals surface area contributed by atoms with E-state index in [9.17, 15) is 4.79 Å². The molecule has 0 unspecified atom stereocenters. The summed E-state index contributed by atoms with van der Waals surface area (Å²) >= 11 is 0. The first-order chi connectivity index (χ1) is 16.2. The van der Waals surface area contributed by atoms with Crippen LogP contribution in [0.15, 0.2) is 79.0 Å². The smallest absolute Gasteiger partial charge is 0.323 e. The molecule has 5 rings (SSSR count). The summed E-state index contributed by atoms with van der Waals surface area (Å²) in [5.74, 6) is 0. The van der Waals surface area contributed by atoms with Crippen LogP contribution in [0.4, 0.5) is 27.5 Å². The van der Waals surface area contributed by atoms with Crippen molar-refractivity contribution in [1.82, 2.24) is 14.7 Å². The fraction of sp³-hybridized carbons (Fsp3) is 0.231. The molecule has 7 nitrogen and oxygen atoms in total. The van der Waals surface area contributed by atoms with E-state index in [1.165, 1.54) is 25.9 Å². The predicted molar refractivity (Wildman–Crippen MR) is 134 cm³/mol. The lowest BCUT2D eigenvalue weighted by atomic mass is 10.2. The molecule has 7 heteroatoms. The molecule has 1 aliphatic heterocycles. The molecule has 4 aromatic rings. The molecule has 1 fully saturated rings. The number of amides is 2. The van der Waals surface area contributed by atoms with Gasteiger partial charge >= 0.3 is 6.03 Å². The molecule has 3 aromatic carbocycles. The largest absolute Gasteiger partial charge is 0.356 e. The van der Waals surface area contributed by atoms with E-state index in [0.717, 1.165) is 46.7 Å². The number of carbonyl (C=O) groups excluding carboxylic acids is 1. The van der Waals surface area contributed by atoms with E-state index in [0.29, 0.717) is 0 Å². The molecule has 1 saturated heterocycles. The van der Waals surface area contributed by atoms with Crippen LogP contribution in [-0.2, 0) is 6.54 Å². The number of urea groups is 1. The molecule has 3 N–H and O–H groups in total. The molecule has 2 heterocycles. The van der Waals surface area contributed by atoms with Crippen LogP contribution in [0.3, 0.4) is 0 Å². The second kappa shape index (κ2) is 9.75. The fourth-order valence-electron chi connectivity index (χ4n) is 4.20. The molecule has 168 valence electrons. The van der Waals surface area contributed by atoms with E-state index in [2.05, 4.69) is 25.9 Å². The Balaban J connectivity index is 1.16. The maximum Gasteiger partial charge on any atom is 0.323 e. The number of rotatable bonds is 7. The number of carbonyl (C=O) groups is 1. The van der Waals surface area contributed by atoms with Crippen LogP contribution < -0.4 is 16.0 Å². The van der Waals surface area contributed by atoms with E-state index >= 15 is 0 Å². The maximum atomic E-state index is 12.5. The average Bonchev–Trinajstić information content (AvgIpc) is 3.49. The zero-order chi connectivity index (χ0) is 22.5. The van der Waals surface area contributed by atoms with Gasteiger partial charge in [0.25, 0.3) is 0 Å². The molecular weight excluding hydrogens is 412 g/mol. The van der Waals surface area contributed by atoms with Crippen LogP contribution in [0.2, 0.25) is 0 Å². The molecule has 33 heavy (non-hydrogen) atoms. The number of fused-ring (bicyclic) bond motifs is 1. The molecular formula is C26H28N6O. The number of hydrogen-bond donors (Lipinski definition) is 3. The van der Waals surface area contributed by atoms with Gasteiger partial charge in [0.15, 0.2) is 0 Å². The number of para-hydroxylation sites is 1. The van der Waals surface area contributed by atoms with E-state index in [1.807, 2.05) is 83.7 Å². The molecule has 2 amide bonds. The number of nitrogens with one attached hydrogen (secondary N) is 3. The standard InChI is InChI=1S/C26H28N6O/c33-26(29-23-10-8-22(9-11-23)28-21-6-2-1-3-7-21)30-24-12-13-25-20(18-24)19-27-32(25)17-16-31-14-4-5-15-31/h1-3,6-13,18-19,28H,4-5,14-17H2,(H2,29,30,33). The van der Waals surface area contributed by atoms with Crippen LogP contribution in [-0.4, -0.2) is 40.3 Å². The minimum Gasteiger partial charge on any atom is -0.356 e. The number of likely N-dealkylation sites (tertiary alicyclic amines) is 1. The second-order valence-corrected chi connectivity index (χ2v) is 8.34. The number of anilines is 4. The van der Waals surface area contributed by atoms with Crippen molar-refractivity contribution in [3.63, 3.8) is 0 Å². The lowest BCUT2D eigenvalue weighted by molar-refractivity contribution is 0.262. The number of hydrogen-bond acceptors (Lipinski definition) is 4. The normalized spacial score (nSPS) is 13.8. The van der Waals surface area contributed by atoms with Gasteiger partial charge in [-0.05, 0) is 80.5 Å². The van der Waals surface area contributed by atoms with Gasteiger partial charge in [-0.25, -0.2) is 4.79 Å². The van der Waals surface area contributed by atoms with Crippen LogP contribution >= 0.6 is 0 Å². The summed E-state index contributed by atoms with van der Waals surface area (Å²) < 4.78 is 2.04.